The molecule has 1 unspecified atom stereocenters. The van der Waals surface area contributed by atoms with Crippen molar-refractivity contribution in [2.45, 2.75) is 51.8 Å². The maximum atomic E-state index is 11.8. The Bertz CT molecular complexity index is 521. The quantitative estimate of drug-likeness (QED) is 0.775. The van der Waals surface area contributed by atoms with Gasteiger partial charge in [-0.1, -0.05) is 6.07 Å². The van der Waals surface area contributed by atoms with Crippen molar-refractivity contribution in [2.24, 2.45) is 5.73 Å². The maximum Gasteiger partial charge on any atom is 0.408 e. The molecule has 0 aromatic heterocycles. The van der Waals surface area contributed by atoms with Crippen LogP contribution in [0.4, 0.5) is 4.79 Å². The van der Waals surface area contributed by atoms with Crippen molar-refractivity contribution < 1.29 is 14.6 Å². The molecule has 1 amide bonds. The standard InChI is InChI=1S/C15H22N2O3/c1-15(2,3)20-14(19)17-12-6-4-9-10(12)5-7-13(18)11(9)8-16/h5,7,12,18H,4,6,8,16H2,1-3H3,(H,17,19). The van der Waals surface area contributed by atoms with Gasteiger partial charge in [-0.3, -0.25) is 0 Å². The Kier molecular flexibility index (Phi) is 3.90. The van der Waals surface area contributed by atoms with Gasteiger partial charge in [0.1, 0.15) is 11.4 Å². The number of rotatable bonds is 2. The van der Waals surface area contributed by atoms with Gasteiger partial charge in [-0.05, 0) is 50.8 Å². The van der Waals surface area contributed by atoms with Gasteiger partial charge in [0.2, 0.25) is 0 Å². The van der Waals surface area contributed by atoms with Crippen molar-refractivity contribution >= 4 is 6.09 Å². The molecule has 5 nitrogen and oxygen atoms in total. The molecule has 1 aliphatic rings. The average Bonchev–Trinajstić information content (AvgIpc) is 2.69. The summed E-state index contributed by atoms with van der Waals surface area (Å²) in [5, 5.41) is 12.7. The van der Waals surface area contributed by atoms with Crippen LogP contribution in [0.1, 0.15) is 49.9 Å². The van der Waals surface area contributed by atoms with Gasteiger partial charge in [-0.2, -0.15) is 0 Å². The van der Waals surface area contributed by atoms with E-state index in [0.717, 1.165) is 29.5 Å². The molecule has 1 aliphatic carbocycles. The highest BCUT2D eigenvalue weighted by Gasteiger charge is 2.28. The third kappa shape index (κ3) is 3.04. The Labute approximate surface area is 119 Å². The molecule has 0 spiro atoms. The first-order valence-electron chi connectivity index (χ1n) is 6.85. The van der Waals surface area contributed by atoms with Crippen LogP contribution in [-0.4, -0.2) is 16.8 Å². The summed E-state index contributed by atoms with van der Waals surface area (Å²) in [5.41, 5.74) is 8.02. The van der Waals surface area contributed by atoms with Gasteiger partial charge in [-0.25, -0.2) is 4.79 Å². The lowest BCUT2D eigenvalue weighted by atomic mass is 10.0. The fraction of sp³-hybridized carbons (Fsp3) is 0.533. The summed E-state index contributed by atoms with van der Waals surface area (Å²) in [5.74, 6) is 0.226. The van der Waals surface area contributed by atoms with Gasteiger partial charge < -0.3 is 20.9 Å². The predicted octanol–water partition coefficient (Wildman–Crippen LogP) is 2.36. The molecule has 0 aliphatic heterocycles. The van der Waals surface area contributed by atoms with Crippen molar-refractivity contribution in [3.05, 3.63) is 28.8 Å². The molecule has 4 N–H and O–H groups in total. The first-order chi connectivity index (χ1) is 9.31. The Morgan fingerprint density at radius 2 is 2.20 bits per heavy atom. The zero-order chi connectivity index (χ0) is 14.9. The molecule has 0 radical (unpaired) electrons. The van der Waals surface area contributed by atoms with Gasteiger partial charge in [0.15, 0.2) is 0 Å². The van der Waals surface area contributed by atoms with Crippen LogP contribution in [0.3, 0.4) is 0 Å². The number of benzene rings is 1. The van der Waals surface area contributed by atoms with E-state index in [9.17, 15) is 9.90 Å². The van der Waals surface area contributed by atoms with Gasteiger partial charge in [0.25, 0.3) is 0 Å². The van der Waals surface area contributed by atoms with E-state index in [2.05, 4.69) is 5.32 Å². The van der Waals surface area contributed by atoms with E-state index in [1.807, 2.05) is 26.8 Å². The van der Waals surface area contributed by atoms with Crippen molar-refractivity contribution in [1.29, 1.82) is 0 Å². The van der Waals surface area contributed by atoms with Crippen LogP contribution in [0.15, 0.2) is 12.1 Å². The van der Waals surface area contributed by atoms with Crippen molar-refractivity contribution in [3.63, 3.8) is 0 Å². The van der Waals surface area contributed by atoms with Crippen LogP contribution in [0.25, 0.3) is 0 Å². The number of phenolic OH excluding ortho intramolecular Hbond substituents is 1. The van der Waals surface area contributed by atoms with E-state index in [4.69, 9.17) is 10.5 Å². The zero-order valence-corrected chi connectivity index (χ0v) is 12.2. The number of carbonyl (C=O) groups excluding carboxylic acids is 1. The van der Waals surface area contributed by atoms with Crippen LogP contribution in [0, 0.1) is 0 Å². The van der Waals surface area contributed by atoms with E-state index < -0.39 is 11.7 Å². The summed E-state index contributed by atoms with van der Waals surface area (Å²) in [6.07, 6.45) is 1.18. The lowest BCUT2D eigenvalue weighted by Crippen LogP contribution is -2.34. The Balaban J connectivity index is 2.15. The summed E-state index contributed by atoms with van der Waals surface area (Å²) in [4.78, 5) is 11.8. The predicted molar refractivity (Wildman–Crippen MR) is 76.4 cm³/mol. The Morgan fingerprint density at radius 1 is 1.50 bits per heavy atom. The maximum absolute atomic E-state index is 11.8. The minimum Gasteiger partial charge on any atom is -0.508 e. The lowest BCUT2D eigenvalue weighted by Gasteiger charge is -2.22. The average molecular weight is 278 g/mol. The molecule has 1 atom stereocenters. The van der Waals surface area contributed by atoms with E-state index in [1.54, 1.807) is 6.07 Å². The second-order valence-electron chi connectivity index (χ2n) is 6.07. The minimum atomic E-state index is -0.511. The molecule has 5 heteroatoms. The third-order valence-electron chi connectivity index (χ3n) is 3.40. The first-order valence-corrected chi connectivity index (χ1v) is 6.85. The molecule has 0 bridgehead atoms. The highest BCUT2D eigenvalue weighted by molar-refractivity contribution is 5.69. The number of hydrogen-bond donors (Lipinski definition) is 3. The van der Waals surface area contributed by atoms with E-state index in [0.29, 0.717) is 6.54 Å². The highest BCUT2D eigenvalue weighted by Crippen LogP contribution is 2.37. The zero-order valence-electron chi connectivity index (χ0n) is 12.2. The SMILES string of the molecule is CC(C)(C)OC(=O)NC1CCc2c1ccc(O)c2CN. The van der Waals surface area contributed by atoms with E-state index in [-0.39, 0.29) is 11.8 Å². The summed E-state index contributed by atoms with van der Waals surface area (Å²) in [6.45, 7) is 5.80. The summed E-state index contributed by atoms with van der Waals surface area (Å²) in [6, 6.07) is 3.40. The van der Waals surface area contributed by atoms with E-state index >= 15 is 0 Å². The monoisotopic (exact) mass is 278 g/mol. The van der Waals surface area contributed by atoms with Gasteiger partial charge in [0, 0.05) is 12.1 Å². The van der Waals surface area contributed by atoms with E-state index in [1.165, 1.54) is 0 Å². The molecule has 1 aromatic carbocycles. The number of amides is 1. The lowest BCUT2D eigenvalue weighted by molar-refractivity contribution is 0.0503. The Morgan fingerprint density at radius 3 is 2.80 bits per heavy atom. The molecule has 0 fully saturated rings. The number of hydrogen-bond acceptors (Lipinski definition) is 4. The van der Waals surface area contributed by atoms with Crippen molar-refractivity contribution in [3.8, 4) is 5.75 Å². The second kappa shape index (κ2) is 5.32. The second-order valence-corrected chi connectivity index (χ2v) is 6.07. The van der Waals surface area contributed by atoms with Crippen LogP contribution in [0.2, 0.25) is 0 Å². The number of carbonyl (C=O) groups is 1. The number of aromatic hydroxyl groups is 1. The van der Waals surface area contributed by atoms with Crippen LogP contribution in [0.5, 0.6) is 5.75 Å². The fourth-order valence-electron chi connectivity index (χ4n) is 2.59. The van der Waals surface area contributed by atoms with Gasteiger partial charge in [0.05, 0.1) is 6.04 Å². The molecular weight excluding hydrogens is 256 g/mol. The number of ether oxygens (including phenoxy) is 1. The molecular formula is C15H22N2O3. The van der Waals surface area contributed by atoms with Gasteiger partial charge >= 0.3 is 6.09 Å². The molecule has 0 heterocycles. The van der Waals surface area contributed by atoms with Crippen LogP contribution in [-0.2, 0) is 17.7 Å². The molecule has 1 aromatic rings. The first kappa shape index (κ1) is 14.7. The summed E-state index contributed by atoms with van der Waals surface area (Å²) < 4.78 is 5.27. The number of nitrogens with two attached hydrogens (primary N) is 1. The summed E-state index contributed by atoms with van der Waals surface area (Å²) >= 11 is 0. The van der Waals surface area contributed by atoms with Crippen LogP contribution < -0.4 is 11.1 Å². The normalized spacial score (nSPS) is 17.7. The number of fused-ring (bicyclic) bond motifs is 1. The number of phenols is 1. The Hall–Kier alpha value is -1.75. The highest BCUT2D eigenvalue weighted by atomic mass is 16.6. The molecule has 2 rings (SSSR count). The topological polar surface area (TPSA) is 84.6 Å². The fourth-order valence-corrected chi connectivity index (χ4v) is 2.59. The van der Waals surface area contributed by atoms with Gasteiger partial charge in [-0.15, -0.1) is 0 Å². The van der Waals surface area contributed by atoms with Crippen molar-refractivity contribution in [2.75, 3.05) is 0 Å². The number of nitrogens with one attached hydrogen (secondary N) is 1. The molecule has 110 valence electrons. The largest absolute Gasteiger partial charge is 0.508 e. The molecule has 0 saturated carbocycles. The summed E-state index contributed by atoms with van der Waals surface area (Å²) in [7, 11) is 0. The molecule has 20 heavy (non-hydrogen) atoms. The minimum absolute atomic E-state index is 0.0780. The smallest absolute Gasteiger partial charge is 0.408 e. The van der Waals surface area contributed by atoms with Crippen molar-refractivity contribution in [1.82, 2.24) is 5.32 Å². The molecule has 0 saturated heterocycles. The third-order valence-corrected chi connectivity index (χ3v) is 3.40. The number of alkyl carbamates (subject to hydrolysis) is 1. The van der Waals surface area contributed by atoms with Crippen LogP contribution >= 0.6 is 0 Å².